The number of fused-ring (bicyclic) bond motifs is 1. The van der Waals surface area contributed by atoms with E-state index in [-0.39, 0.29) is 0 Å². The molecule has 0 aromatic heterocycles. The lowest BCUT2D eigenvalue weighted by atomic mass is 9.88. The fourth-order valence-electron chi connectivity index (χ4n) is 2.87. The van der Waals surface area contributed by atoms with Crippen molar-refractivity contribution in [3.8, 4) is 0 Å². The van der Waals surface area contributed by atoms with Crippen molar-refractivity contribution >= 4 is 5.71 Å². The summed E-state index contributed by atoms with van der Waals surface area (Å²) in [7, 11) is 0. The van der Waals surface area contributed by atoms with Gasteiger partial charge in [0.15, 0.2) is 0 Å². The molecule has 2 aliphatic rings. The standard InChI is InChI=1S/C17H19N/c1-3-13-8-10-14(11-9-13)17-12(2)15-6-4-5-7-16(15)18-17/h4-6,8-12,16H,3,7H2,1-2H3. The van der Waals surface area contributed by atoms with Crippen LogP contribution in [-0.2, 0) is 6.42 Å². The van der Waals surface area contributed by atoms with E-state index in [0.29, 0.717) is 12.0 Å². The summed E-state index contributed by atoms with van der Waals surface area (Å²) in [5.41, 5.74) is 5.42. The van der Waals surface area contributed by atoms with Crippen LogP contribution >= 0.6 is 0 Å². The van der Waals surface area contributed by atoms with Crippen LogP contribution in [0.25, 0.3) is 0 Å². The highest BCUT2D eigenvalue weighted by Crippen LogP contribution is 2.33. The largest absolute Gasteiger partial charge is 0.280 e. The van der Waals surface area contributed by atoms with Gasteiger partial charge in [-0.15, -0.1) is 0 Å². The van der Waals surface area contributed by atoms with E-state index in [9.17, 15) is 0 Å². The fourth-order valence-corrected chi connectivity index (χ4v) is 2.87. The van der Waals surface area contributed by atoms with Gasteiger partial charge in [0.2, 0.25) is 0 Å². The molecule has 1 aromatic rings. The molecule has 1 aliphatic carbocycles. The average Bonchev–Trinajstić information content (AvgIpc) is 2.77. The van der Waals surface area contributed by atoms with Crippen molar-refractivity contribution < 1.29 is 0 Å². The van der Waals surface area contributed by atoms with Crippen LogP contribution in [0.4, 0.5) is 0 Å². The van der Waals surface area contributed by atoms with E-state index >= 15 is 0 Å². The fraction of sp³-hybridized carbons (Fsp3) is 0.353. The molecular formula is C17H19N. The molecule has 1 heteroatoms. The zero-order valence-electron chi connectivity index (χ0n) is 11.1. The molecule has 2 atom stereocenters. The van der Waals surface area contributed by atoms with Gasteiger partial charge >= 0.3 is 0 Å². The van der Waals surface area contributed by atoms with Gasteiger partial charge in [-0.25, -0.2) is 0 Å². The Morgan fingerprint density at radius 3 is 2.67 bits per heavy atom. The van der Waals surface area contributed by atoms with Crippen LogP contribution in [0.15, 0.2) is 53.1 Å². The summed E-state index contributed by atoms with van der Waals surface area (Å²) in [5, 5.41) is 0. The summed E-state index contributed by atoms with van der Waals surface area (Å²) in [6, 6.07) is 9.28. The Balaban J connectivity index is 1.93. The number of aryl methyl sites for hydroxylation is 1. The van der Waals surface area contributed by atoms with Crippen molar-refractivity contribution in [1.29, 1.82) is 0 Å². The van der Waals surface area contributed by atoms with Crippen LogP contribution in [0.1, 0.15) is 31.4 Å². The number of aliphatic imine (C=N–C) groups is 1. The third-order valence-electron chi connectivity index (χ3n) is 4.03. The molecule has 1 heterocycles. The Morgan fingerprint density at radius 1 is 1.22 bits per heavy atom. The van der Waals surface area contributed by atoms with Crippen molar-refractivity contribution in [3.05, 3.63) is 59.2 Å². The molecule has 0 fully saturated rings. The maximum Gasteiger partial charge on any atom is 0.0756 e. The molecule has 0 bridgehead atoms. The van der Waals surface area contributed by atoms with Crippen molar-refractivity contribution in [2.24, 2.45) is 10.9 Å². The number of hydrogen-bond acceptors (Lipinski definition) is 1. The topological polar surface area (TPSA) is 12.4 Å². The van der Waals surface area contributed by atoms with Crippen LogP contribution in [0, 0.1) is 5.92 Å². The molecule has 18 heavy (non-hydrogen) atoms. The van der Waals surface area contributed by atoms with Gasteiger partial charge in [-0.2, -0.15) is 0 Å². The second-order valence-electron chi connectivity index (χ2n) is 5.13. The smallest absolute Gasteiger partial charge is 0.0756 e. The molecule has 3 rings (SSSR count). The van der Waals surface area contributed by atoms with E-state index in [2.05, 4.69) is 56.3 Å². The van der Waals surface area contributed by atoms with Crippen molar-refractivity contribution in [3.63, 3.8) is 0 Å². The van der Waals surface area contributed by atoms with Gasteiger partial charge < -0.3 is 0 Å². The minimum Gasteiger partial charge on any atom is -0.280 e. The van der Waals surface area contributed by atoms with E-state index in [1.54, 1.807) is 0 Å². The highest BCUT2D eigenvalue weighted by molar-refractivity contribution is 6.05. The molecule has 1 nitrogen and oxygen atoms in total. The number of nitrogens with zero attached hydrogens (tertiary/aromatic N) is 1. The predicted octanol–water partition coefficient (Wildman–Crippen LogP) is 3.94. The first-order chi connectivity index (χ1) is 8.79. The lowest BCUT2D eigenvalue weighted by molar-refractivity contribution is 0.755. The van der Waals surface area contributed by atoms with Gasteiger partial charge in [-0.3, -0.25) is 4.99 Å². The summed E-state index contributed by atoms with van der Waals surface area (Å²) in [4.78, 5) is 4.91. The Morgan fingerprint density at radius 2 is 2.00 bits per heavy atom. The number of rotatable bonds is 2. The average molecular weight is 237 g/mol. The summed E-state index contributed by atoms with van der Waals surface area (Å²) in [6.07, 6.45) is 8.79. The predicted molar refractivity (Wildman–Crippen MR) is 77.1 cm³/mol. The summed E-state index contributed by atoms with van der Waals surface area (Å²) >= 11 is 0. The number of hydrogen-bond donors (Lipinski definition) is 0. The maximum atomic E-state index is 4.91. The summed E-state index contributed by atoms with van der Waals surface area (Å²) in [6.45, 7) is 4.47. The summed E-state index contributed by atoms with van der Waals surface area (Å²) < 4.78 is 0. The number of allylic oxidation sites excluding steroid dienone is 2. The van der Waals surface area contributed by atoms with Crippen molar-refractivity contribution in [2.45, 2.75) is 32.7 Å². The second kappa shape index (κ2) is 4.56. The number of benzene rings is 1. The summed E-state index contributed by atoms with van der Waals surface area (Å²) in [5.74, 6) is 0.465. The molecule has 0 saturated carbocycles. The highest BCUT2D eigenvalue weighted by Gasteiger charge is 2.30. The lowest BCUT2D eigenvalue weighted by Crippen LogP contribution is -2.12. The quantitative estimate of drug-likeness (QED) is 0.738. The second-order valence-corrected chi connectivity index (χ2v) is 5.13. The molecule has 1 aliphatic heterocycles. The van der Waals surface area contributed by atoms with Gasteiger partial charge in [0.25, 0.3) is 0 Å². The van der Waals surface area contributed by atoms with Gasteiger partial charge in [-0.1, -0.05) is 56.3 Å². The van der Waals surface area contributed by atoms with E-state index in [4.69, 9.17) is 4.99 Å². The first-order valence-electron chi connectivity index (χ1n) is 6.83. The van der Waals surface area contributed by atoms with Gasteiger partial charge in [0, 0.05) is 11.6 Å². The van der Waals surface area contributed by atoms with E-state index in [1.165, 1.54) is 22.4 Å². The van der Waals surface area contributed by atoms with E-state index < -0.39 is 0 Å². The van der Waals surface area contributed by atoms with Crippen LogP contribution in [0.3, 0.4) is 0 Å². The van der Waals surface area contributed by atoms with Crippen LogP contribution in [0.2, 0.25) is 0 Å². The van der Waals surface area contributed by atoms with Crippen LogP contribution < -0.4 is 0 Å². The van der Waals surface area contributed by atoms with E-state index in [1.807, 2.05) is 0 Å². The minimum absolute atomic E-state index is 0.394. The SMILES string of the molecule is CCc1ccc(C2=NC3CC=CC=C3C2C)cc1. The maximum absolute atomic E-state index is 4.91. The molecular weight excluding hydrogens is 218 g/mol. The Kier molecular flexibility index (Phi) is 2.91. The Bertz CT molecular complexity index is 531. The Labute approximate surface area is 109 Å². The minimum atomic E-state index is 0.394. The first kappa shape index (κ1) is 11.5. The van der Waals surface area contributed by atoms with Crippen LogP contribution in [-0.4, -0.2) is 11.8 Å². The van der Waals surface area contributed by atoms with Gasteiger partial charge in [0.1, 0.15) is 0 Å². The van der Waals surface area contributed by atoms with Gasteiger partial charge in [0.05, 0.1) is 6.04 Å². The van der Waals surface area contributed by atoms with Crippen molar-refractivity contribution in [1.82, 2.24) is 0 Å². The monoisotopic (exact) mass is 237 g/mol. The zero-order chi connectivity index (χ0) is 12.5. The lowest BCUT2D eigenvalue weighted by Gasteiger charge is -2.14. The molecule has 1 aromatic carbocycles. The van der Waals surface area contributed by atoms with E-state index in [0.717, 1.165) is 12.8 Å². The zero-order valence-corrected chi connectivity index (χ0v) is 11.1. The molecule has 2 unspecified atom stereocenters. The normalized spacial score (nSPS) is 25.7. The van der Waals surface area contributed by atoms with Crippen molar-refractivity contribution in [2.75, 3.05) is 0 Å². The Hall–Kier alpha value is -1.63. The van der Waals surface area contributed by atoms with Gasteiger partial charge in [-0.05, 0) is 29.5 Å². The highest BCUT2D eigenvalue weighted by atomic mass is 14.9. The third kappa shape index (κ3) is 1.84. The molecule has 0 amide bonds. The van der Waals surface area contributed by atoms with Crippen LogP contribution in [0.5, 0.6) is 0 Å². The third-order valence-corrected chi connectivity index (χ3v) is 4.03. The molecule has 0 saturated heterocycles. The molecule has 0 spiro atoms. The molecule has 92 valence electrons. The first-order valence-corrected chi connectivity index (χ1v) is 6.83. The molecule has 0 N–H and O–H groups in total. The molecule has 0 radical (unpaired) electrons.